The van der Waals surface area contributed by atoms with Gasteiger partial charge in [0.1, 0.15) is 23.7 Å². The minimum atomic E-state index is -0.896. The second-order valence-electron chi connectivity index (χ2n) is 15.6. The van der Waals surface area contributed by atoms with Gasteiger partial charge in [-0.3, -0.25) is 19.6 Å². The Morgan fingerprint density at radius 2 is 1.28 bits per heavy atom. The summed E-state index contributed by atoms with van der Waals surface area (Å²) in [4.78, 5) is 81.0. The number of rotatable bonds is 11. The number of aromatic nitrogens is 6. The highest BCUT2D eigenvalue weighted by Gasteiger charge is 2.39. The minimum Gasteiger partial charge on any atom is -0.453 e. The van der Waals surface area contributed by atoms with Crippen molar-refractivity contribution in [3.8, 4) is 33.8 Å². The number of nitrogens with one attached hydrogen (secondary N) is 4. The molecule has 2 aliphatic heterocycles. The van der Waals surface area contributed by atoms with E-state index in [4.69, 9.17) is 24.4 Å². The lowest BCUT2D eigenvalue weighted by Gasteiger charge is -2.30. The van der Waals surface area contributed by atoms with E-state index in [-0.39, 0.29) is 29.8 Å². The van der Waals surface area contributed by atoms with E-state index in [0.717, 1.165) is 70.4 Å². The molecule has 4 N–H and O–H groups in total. The average Bonchev–Trinajstić information content (AvgIpc) is 4.14. The Labute approximate surface area is 352 Å². The van der Waals surface area contributed by atoms with Crippen LogP contribution in [-0.2, 0) is 19.1 Å². The molecule has 2 aliphatic rings. The molecule has 61 heavy (non-hydrogen) atoms. The van der Waals surface area contributed by atoms with Crippen LogP contribution in [0.15, 0.2) is 91.5 Å². The molecule has 314 valence electrons. The Bertz CT molecular complexity index is 2540. The number of pyridine rings is 2. The van der Waals surface area contributed by atoms with Crippen LogP contribution in [0.25, 0.3) is 44.7 Å². The van der Waals surface area contributed by atoms with Crippen molar-refractivity contribution in [3.05, 3.63) is 109 Å². The fourth-order valence-electron chi connectivity index (χ4n) is 8.24. The Hall–Kier alpha value is -7.10. The van der Waals surface area contributed by atoms with E-state index in [1.807, 2.05) is 74.5 Å². The summed E-state index contributed by atoms with van der Waals surface area (Å²) in [5.41, 5.74) is 6.45. The number of alkyl carbamates (subject to hydrolysis) is 2. The molecule has 4 amide bonds. The highest BCUT2D eigenvalue weighted by Crippen LogP contribution is 2.36. The molecule has 16 nitrogen and oxygen atoms in total. The molecule has 0 aliphatic carbocycles. The van der Waals surface area contributed by atoms with Crippen LogP contribution in [0.1, 0.15) is 74.9 Å². The zero-order chi connectivity index (χ0) is 42.6. The number of hydrogen-bond donors (Lipinski definition) is 4. The number of aromatic amines is 2. The van der Waals surface area contributed by atoms with E-state index in [9.17, 15) is 19.2 Å². The maximum atomic E-state index is 13.9. The zero-order valence-corrected chi connectivity index (χ0v) is 34.4. The highest BCUT2D eigenvalue weighted by atomic mass is 16.5. The molecule has 8 rings (SSSR count). The quantitative estimate of drug-likeness (QED) is 0.107. The van der Waals surface area contributed by atoms with Crippen LogP contribution in [0.4, 0.5) is 9.59 Å². The third kappa shape index (κ3) is 8.51. The lowest BCUT2D eigenvalue weighted by Crippen LogP contribution is -2.51. The van der Waals surface area contributed by atoms with Gasteiger partial charge in [0.05, 0.1) is 61.3 Å². The number of likely N-dealkylation sites (tertiary alicyclic amines) is 2. The van der Waals surface area contributed by atoms with Crippen molar-refractivity contribution in [2.45, 2.75) is 63.7 Å². The van der Waals surface area contributed by atoms with Gasteiger partial charge in [-0.2, -0.15) is 0 Å². The van der Waals surface area contributed by atoms with Crippen molar-refractivity contribution in [1.29, 1.82) is 0 Å². The Balaban J connectivity index is 0.943. The summed E-state index contributed by atoms with van der Waals surface area (Å²) in [6.07, 6.45) is 8.93. The third-order valence-electron chi connectivity index (χ3n) is 11.5. The number of carbonyl (C=O) groups is 4. The molecule has 16 heteroatoms. The van der Waals surface area contributed by atoms with E-state index < -0.39 is 24.3 Å². The van der Waals surface area contributed by atoms with E-state index in [1.165, 1.54) is 14.2 Å². The predicted molar refractivity (Wildman–Crippen MR) is 226 cm³/mol. The molecule has 6 heterocycles. The van der Waals surface area contributed by atoms with Crippen molar-refractivity contribution >= 4 is 34.9 Å². The smallest absolute Gasteiger partial charge is 0.407 e. The fourth-order valence-corrected chi connectivity index (χ4v) is 8.24. The Morgan fingerprint density at radius 3 is 1.90 bits per heavy atom. The number of ether oxygens (including phenoxy) is 2. The number of imidazole rings is 2. The van der Waals surface area contributed by atoms with Crippen molar-refractivity contribution in [3.63, 3.8) is 0 Å². The van der Waals surface area contributed by atoms with Crippen LogP contribution in [0.3, 0.4) is 0 Å². The van der Waals surface area contributed by atoms with Crippen LogP contribution in [0, 0.1) is 5.92 Å². The average molecular weight is 825 g/mol. The van der Waals surface area contributed by atoms with E-state index in [1.54, 1.807) is 34.6 Å². The maximum Gasteiger partial charge on any atom is 0.407 e. The molecule has 6 aromatic rings. The number of benzene rings is 2. The lowest BCUT2D eigenvalue weighted by atomic mass is 10.0. The van der Waals surface area contributed by atoms with Crippen LogP contribution >= 0.6 is 0 Å². The molecule has 2 fully saturated rings. The number of methoxy groups -OCH3 is 2. The van der Waals surface area contributed by atoms with E-state index in [0.29, 0.717) is 30.3 Å². The second-order valence-corrected chi connectivity index (χ2v) is 15.6. The number of fused-ring (bicyclic) bond motifs is 1. The van der Waals surface area contributed by atoms with Gasteiger partial charge in [0, 0.05) is 47.6 Å². The number of nitrogens with zero attached hydrogens (tertiary/aromatic N) is 6. The molecule has 0 bridgehead atoms. The Morgan fingerprint density at radius 1 is 0.672 bits per heavy atom. The second kappa shape index (κ2) is 17.6. The standard InChI is InChI=1S/C45H48N10O6/c1-26(2)38(52-44(58)60-3)42(56)54-18-8-12-36(54)40-48-24-34(50-40)30-16-17-32(46-22-30)29-15-14-28-20-31(23-47-33(28)21-29)35-25-49-41(51-35)37-13-9-19-55(37)43(57)39(53-45(59)61-4)27-10-6-5-7-11-27/h5-7,10-11,14-17,20-26,36-39H,8-9,12-13,18-19H2,1-4H3,(H,48,50)(H,49,51)(H,52,58)(H,53,59)/t36-,37-,38-,39+/m0/s1. The summed E-state index contributed by atoms with van der Waals surface area (Å²) >= 11 is 0. The summed E-state index contributed by atoms with van der Waals surface area (Å²) in [5, 5.41) is 6.34. The number of amides is 4. The van der Waals surface area contributed by atoms with Gasteiger partial charge in [0.25, 0.3) is 5.91 Å². The summed E-state index contributed by atoms with van der Waals surface area (Å²) in [6.45, 7) is 4.90. The lowest BCUT2D eigenvalue weighted by molar-refractivity contribution is -0.135. The van der Waals surface area contributed by atoms with Gasteiger partial charge in [-0.15, -0.1) is 0 Å². The molecule has 0 spiro atoms. The SMILES string of the molecule is COC(=O)N[C@H](C(=O)N1CCC[C@H]1c1ncc(-c2ccc(-c3ccc4cc(-c5cnc([C@@H]6CCCN6C(=O)[C@H](NC(=O)OC)c6ccccc6)[nH]5)cnc4c3)nc2)[nH]1)C(C)C. The molecule has 2 saturated heterocycles. The zero-order valence-electron chi connectivity index (χ0n) is 34.4. The first kappa shape index (κ1) is 40.7. The van der Waals surface area contributed by atoms with Gasteiger partial charge < -0.3 is 39.9 Å². The monoisotopic (exact) mass is 824 g/mol. The Kier molecular flexibility index (Phi) is 11.8. The van der Waals surface area contributed by atoms with Crippen molar-refractivity contribution < 1.29 is 28.7 Å². The molecule has 4 atom stereocenters. The molecular formula is C45H48N10O6. The summed E-state index contributed by atoms with van der Waals surface area (Å²) in [5.74, 6) is 0.854. The number of carbonyl (C=O) groups excluding carboxylic acids is 4. The van der Waals surface area contributed by atoms with Crippen LogP contribution in [0.2, 0.25) is 0 Å². The van der Waals surface area contributed by atoms with Crippen LogP contribution in [0.5, 0.6) is 0 Å². The first-order valence-electron chi connectivity index (χ1n) is 20.4. The number of hydrogen-bond acceptors (Lipinski definition) is 10. The molecule has 0 unspecified atom stereocenters. The van der Waals surface area contributed by atoms with Gasteiger partial charge in [0.15, 0.2) is 0 Å². The first-order valence-corrected chi connectivity index (χ1v) is 20.4. The summed E-state index contributed by atoms with van der Waals surface area (Å²) in [6, 6.07) is 19.1. The van der Waals surface area contributed by atoms with Gasteiger partial charge >= 0.3 is 12.2 Å². The topological polar surface area (TPSA) is 200 Å². The highest BCUT2D eigenvalue weighted by molar-refractivity contribution is 5.89. The van der Waals surface area contributed by atoms with Crippen molar-refractivity contribution in [2.75, 3.05) is 27.3 Å². The first-order chi connectivity index (χ1) is 29.6. The summed E-state index contributed by atoms with van der Waals surface area (Å²) in [7, 11) is 2.56. The molecule has 0 radical (unpaired) electrons. The maximum absolute atomic E-state index is 13.9. The third-order valence-corrected chi connectivity index (χ3v) is 11.5. The largest absolute Gasteiger partial charge is 0.453 e. The molecule has 2 aromatic carbocycles. The van der Waals surface area contributed by atoms with Crippen LogP contribution in [-0.4, -0.2) is 97.1 Å². The summed E-state index contributed by atoms with van der Waals surface area (Å²) < 4.78 is 9.59. The minimum absolute atomic E-state index is 0.119. The van der Waals surface area contributed by atoms with Gasteiger partial charge in [-0.05, 0) is 61.4 Å². The molecule has 4 aromatic heterocycles. The van der Waals surface area contributed by atoms with E-state index >= 15 is 0 Å². The normalized spacial score (nSPS) is 17.3. The van der Waals surface area contributed by atoms with Crippen molar-refractivity contribution in [2.24, 2.45) is 5.92 Å². The van der Waals surface area contributed by atoms with E-state index in [2.05, 4.69) is 31.7 Å². The van der Waals surface area contributed by atoms with Crippen molar-refractivity contribution in [1.82, 2.24) is 50.3 Å². The molecular weight excluding hydrogens is 777 g/mol. The van der Waals surface area contributed by atoms with Gasteiger partial charge in [-0.25, -0.2) is 19.6 Å². The van der Waals surface area contributed by atoms with Crippen LogP contribution < -0.4 is 10.6 Å². The predicted octanol–water partition coefficient (Wildman–Crippen LogP) is 6.88. The van der Waals surface area contributed by atoms with Gasteiger partial charge in [-0.1, -0.05) is 56.3 Å². The molecule has 0 saturated carbocycles. The van der Waals surface area contributed by atoms with Gasteiger partial charge in [0.2, 0.25) is 5.91 Å². The fraction of sp³-hybridized carbons (Fsp3) is 0.333. The number of H-pyrrole nitrogens is 2.